The van der Waals surface area contributed by atoms with Gasteiger partial charge in [-0.05, 0) is 41.0 Å². The monoisotopic (exact) mass is 426 g/mol. The van der Waals surface area contributed by atoms with Crippen LogP contribution in [-0.4, -0.2) is 24.4 Å². The van der Waals surface area contributed by atoms with E-state index in [2.05, 4.69) is 46.4 Å². The van der Waals surface area contributed by atoms with Crippen LogP contribution in [0.5, 0.6) is 17.2 Å². The number of anilines is 1. The molecular formula is C26H22N2O4. The maximum absolute atomic E-state index is 12.8. The van der Waals surface area contributed by atoms with Crippen molar-refractivity contribution in [3.05, 3.63) is 83.6 Å². The SMILES string of the molecule is COc1cc([C@@H]2CC(=O)Nc3cccc4c3c2cn4Cc2ccccc2)cc2c1OCO2. The van der Waals surface area contributed by atoms with Gasteiger partial charge in [-0.15, -0.1) is 0 Å². The molecule has 0 saturated heterocycles. The maximum Gasteiger partial charge on any atom is 0.231 e. The topological polar surface area (TPSA) is 61.7 Å². The normalized spacial score (nSPS) is 16.7. The molecule has 0 fully saturated rings. The van der Waals surface area contributed by atoms with Crippen molar-refractivity contribution in [1.29, 1.82) is 0 Å². The van der Waals surface area contributed by atoms with Gasteiger partial charge in [0, 0.05) is 30.5 Å². The van der Waals surface area contributed by atoms with Crippen LogP contribution in [-0.2, 0) is 11.3 Å². The number of carbonyl (C=O) groups is 1. The molecule has 2 aliphatic heterocycles. The molecule has 0 aliphatic carbocycles. The zero-order valence-corrected chi connectivity index (χ0v) is 17.6. The Balaban J connectivity index is 1.53. The summed E-state index contributed by atoms with van der Waals surface area (Å²) in [6.07, 6.45) is 2.52. The molecular weight excluding hydrogens is 404 g/mol. The Kier molecular flexibility index (Phi) is 4.31. The van der Waals surface area contributed by atoms with Crippen LogP contribution in [0, 0.1) is 0 Å². The summed E-state index contributed by atoms with van der Waals surface area (Å²) in [5.74, 6) is 1.73. The number of carbonyl (C=O) groups excluding carboxylic acids is 1. The summed E-state index contributed by atoms with van der Waals surface area (Å²) in [6.45, 7) is 0.923. The Morgan fingerprint density at radius 1 is 1.09 bits per heavy atom. The van der Waals surface area contributed by atoms with Crippen LogP contribution < -0.4 is 19.5 Å². The average molecular weight is 426 g/mol. The first-order valence-corrected chi connectivity index (χ1v) is 10.6. The van der Waals surface area contributed by atoms with Crippen LogP contribution in [0.3, 0.4) is 0 Å². The number of nitrogens with one attached hydrogen (secondary N) is 1. The van der Waals surface area contributed by atoms with Crippen molar-refractivity contribution in [1.82, 2.24) is 4.57 Å². The van der Waals surface area contributed by atoms with E-state index in [0.29, 0.717) is 23.7 Å². The van der Waals surface area contributed by atoms with Gasteiger partial charge in [-0.25, -0.2) is 0 Å². The van der Waals surface area contributed by atoms with E-state index in [1.165, 1.54) is 5.56 Å². The number of hydrogen-bond donors (Lipinski definition) is 1. The summed E-state index contributed by atoms with van der Waals surface area (Å²) in [4.78, 5) is 12.8. The summed E-state index contributed by atoms with van der Waals surface area (Å²) >= 11 is 0. The minimum Gasteiger partial charge on any atom is -0.493 e. The molecule has 32 heavy (non-hydrogen) atoms. The molecule has 0 saturated carbocycles. The maximum atomic E-state index is 12.8. The first-order valence-electron chi connectivity index (χ1n) is 10.6. The van der Waals surface area contributed by atoms with E-state index in [9.17, 15) is 4.79 Å². The number of hydrogen-bond acceptors (Lipinski definition) is 4. The second-order valence-corrected chi connectivity index (χ2v) is 8.16. The molecule has 1 N–H and O–H groups in total. The first kappa shape index (κ1) is 18.8. The van der Waals surface area contributed by atoms with Crippen LogP contribution in [0.1, 0.15) is 29.0 Å². The van der Waals surface area contributed by atoms with E-state index >= 15 is 0 Å². The predicted octanol–water partition coefficient (Wildman–Crippen LogP) is 4.90. The van der Waals surface area contributed by atoms with Crippen molar-refractivity contribution in [2.45, 2.75) is 18.9 Å². The summed E-state index contributed by atoms with van der Waals surface area (Å²) in [5, 5.41) is 4.18. The highest BCUT2D eigenvalue weighted by Gasteiger charge is 2.30. The van der Waals surface area contributed by atoms with Gasteiger partial charge in [-0.2, -0.15) is 0 Å². The second-order valence-electron chi connectivity index (χ2n) is 8.16. The molecule has 2 aliphatic rings. The largest absolute Gasteiger partial charge is 0.493 e. The number of amides is 1. The fourth-order valence-electron chi connectivity index (χ4n) is 4.81. The number of nitrogens with zero attached hydrogens (tertiary/aromatic N) is 1. The number of benzene rings is 3. The lowest BCUT2D eigenvalue weighted by atomic mass is 9.88. The van der Waals surface area contributed by atoms with Gasteiger partial charge in [0.1, 0.15) is 0 Å². The van der Waals surface area contributed by atoms with E-state index in [4.69, 9.17) is 14.2 Å². The summed E-state index contributed by atoms with van der Waals surface area (Å²) < 4.78 is 19.0. The molecule has 0 unspecified atom stereocenters. The molecule has 3 aromatic carbocycles. The first-order chi connectivity index (χ1) is 15.7. The van der Waals surface area contributed by atoms with Crippen molar-refractivity contribution in [3.8, 4) is 17.2 Å². The number of fused-ring (bicyclic) bond motifs is 1. The van der Waals surface area contributed by atoms with E-state index < -0.39 is 0 Å². The van der Waals surface area contributed by atoms with Crippen LogP contribution in [0.2, 0.25) is 0 Å². The lowest BCUT2D eigenvalue weighted by Crippen LogP contribution is -2.14. The Bertz CT molecular complexity index is 1340. The van der Waals surface area contributed by atoms with E-state index in [0.717, 1.165) is 34.3 Å². The minimum atomic E-state index is -0.137. The standard InChI is InChI=1S/C26H22N2O4/c1-30-22-10-17(11-23-26(22)32-15-31-23)18-12-24(29)27-20-8-5-9-21-25(20)19(18)14-28(21)13-16-6-3-2-4-7-16/h2-11,14,18H,12-13,15H2,1H3,(H,27,29)/t18-/m0/s1. The van der Waals surface area contributed by atoms with Gasteiger partial charge in [0.25, 0.3) is 0 Å². The molecule has 160 valence electrons. The molecule has 1 aromatic heterocycles. The quantitative estimate of drug-likeness (QED) is 0.504. The molecule has 6 heteroatoms. The van der Waals surface area contributed by atoms with Crippen molar-refractivity contribution >= 4 is 22.5 Å². The van der Waals surface area contributed by atoms with E-state index in [1.54, 1.807) is 7.11 Å². The molecule has 6 nitrogen and oxygen atoms in total. The summed E-state index contributed by atoms with van der Waals surface area (Å²) in [7, 11) is 1.62. The zero-order valence-electron chi connectivity index (χ0n) is 17.6. The van der Waals surface area contributed by atoms with Gasteiger partial charge in [0.15, 0.2) is 11.5 Å². The van der Waals surface area contributed by atoms with Crippen LogP contribution in [0.15, 0.2) is 66.9 Å². The van der Waals surface area contributed by atoms with Gasteiger partial charge in [0.05, 0.1) is 18.3 Å². The Labute approximate surface area is 185 Å². The number of aromatic nitrogens is 1. The highest BCUT2D eigenvalue weighted by molar-refractivity contribution is 6.06. The molecule has 4 aromatic rings. The molecule has 1 atom stereocenters. The smallest absolute Gasteiger partial charge is 0.231 e. The third-order valence-electron chi connectivity index (χ3n) is 6.25. The molecule has 0 radical (unpaired) electrons. The highest BCUT2D eigenvalue weighted by atomic mass is 16.7. The fraction of sp³-hybridized carbons (Fsp3) is 0.192. The van der Waals surface area contributed by atoms with E-state index in [1.807, 2.05) is 30.3 Å². The van der Waals surface area contributed by atoms with Gasteiger partial charge >= 0.3 is 0 Å². The van der Waals surface area contributed by atoms with Crippen molar-refractivity contribution in [3.63, 3.8) is 0 Å². The fourth-order valence-corrected chi connectivity index (χ4v) is 4.81. The Morgan fingerprint density at radius 3 is 2.81 bits per heavy atom. The van der Waals surface area contributed by atoms with Crippen molar-refractivity contribution < 1.29 is 19.0 Å². The zero-order chi connectivity index (χ0) is 21.7. The summed E-state index contributed by atoms with van der Waals surface area (Å²) in [5.41, 5.74) is 5.26. The summed E-state index contributed by atoms with van der Waals surface area (Å²) in [6, 6.07) is 20.4. The molecule has 0 bridgehead atoms. The van der Waals surface area contributed by atoms with Crippen LogP contribution in [0.4, 0.5) is 5.69 Å². The Hall–Kier alpha value is -3.93. The van der Waals surface area contributed by atoms with Crippen molar-refractivity contribution in [2.24, 2.45) is 0 Å². The van der Waals surface area contributed by atoms with Crippen molar-refractivity contribution in [2.75, 3.05) is 19.2 Å². The van der Waals surface area contributed by atoms with Gasteiger partial charge in [-0.3, -0.25) is 4.79 Å². The number of ether oxygens (including phenoxy) is 3. The van der Waals surface area contributed by atoms with Gasteiger partial charge < -0.3 is 24.1 Å². The van der Waals surface area contributed by atoms with Gasteiger partial charge in [0.2, 0.25) is 18.4 Å². The second kappa shape index (κ2) is 7.34. The van der Waals surface area contributed by atoms with Crippen LogP contribution in [0.25, 0.3) is 10.9 Å². The van der Waals surface area contributed by atoms with Crippen LogP contribution >= 0.6 is 0 Å². The predicted molar refractivity (Wildman–Crippen MR) is 122 cm³/mol. The molecule has 6 rings (SSSR count). The molecule has 3 heterocycles. The number of methoxy groups -OCH3 is 1. The lowest BCUT2D eigenvalue weighted by Gasteiger charge is -2.16. The molecule has 1 amide bonds. The lowest BCUT2D eigenvalue weighted by molar-refractivity contribution is -0.116. The Morgan fingerprint density at radius 2 is 1.97 bits per heavy atom. The van der Waals surface area contributed by atoms with E-state index in [-0.39, 0.29) is 18.6 Å². The molecule has 0 spiro atoms. The average Bonchev–Trinajstić information content (AvgIpc) is 3.39. The van der Waals surface area contributed by atoms with Gasteiger partial charge in [-0.1, -0.05) is 36.4 Å². The minimum absolute atomic E-state index is 0.00931. The highest BCUT2D eigenvalue weighted by Crippen LogP contribution is 2.47. The number of rotatable bonds is 4. The third kappa shape index (κ3) is 2.99. The third-order valence-corrected chi connectivity index (χ3v) is 6.25.